The van der Waals surface area contributed by atoms with Gasteiger partial charge >= 0.3 is 6.18 Å². The van der Waals surface area contributed by atoms with Crippen molar-refractivity contribution in [3.63, 3.8) is 0 Å². The van der Waals surface area contributed by atoms with E-state index in [0.29, 0.717) is 13.0 Å². The molecule has 0 fully saturated rings. The molecule has 17 heavy (non-hydrogen) atoms. The third-order valence-corrected chi connectivity index (χ3v) is 2.24. The summed E-state index contributed by atoms with van der Waals surface area (Å²) in [5.74, 6) is 0.0839. The number of rotatable bonds is 7. The van der Waals surface area contributed by atoms with Crippen molar-refractivity contribution < 1.29 is 23.1 Å². The highest BCUT2D eigenvalue weighted by Crippen LogP contribution is 2.14. The van der Waals surface area contributed by atoms with Crippen LogP contribution in [0.2, 0.25) is 0 Å². The molecule has 0 saturated carbocycles. The average Bonchev–Trinajstić information content (AvgIpc) is 2.22. The summed E-state index contributed by atoms with van der Waals surface area (Å²) < 4.78 is 39.7. The van der Waals surface area contributed by atoms with Crippen molar-refractivity contribution >= 4 is 5.84 Å². The maximum absolute atomic E-state index is 11.8. The molecule has 0 rings (SSSR count). The van der Waals surface area contributed by atoms with E-state index in [1.54, 1.807) is 11.9 Å². The first-order chi connectivity index (χ1) is 7.76. The van der Waals surface area contributed by atoms with Crippen molar-refractivity contribution in [3.05, 3.63) is 0 Å². The molecule has 0 aromatic carbocycles. The normalized spacial score (nSPS) is 15.3. The van der Waals surface area contributed by atoms with E-state index < -0.39 is 12.8 Å². The Morgan fingerprint density at radius 1 is 1.53 bits per heavy atom. The Hall–Kier alpha value is -1.02. The molecule has 102 valence electrons. The summed E-state index contributed by atoms with van der Waals surface area (Å²) in [4.78, 5) is 1.77. The first-order valence-corrected chi connectivity index (χ1v) is 5.07. The first kappa shape index (κ1) is 16.0. The molecule has 0 amide bonds. The molecule has 0 aromatic heterocycles. The van der Waals surface area contributed by atoms with Gasteiger partial charge in [0.05, 0.1) is 6.61 Å². The van der Waals surface area contributed by atoms with Crippen molar-refractivity contribution in [2.24, 2.45) is 10.9 Å². The van der Waals surface area contributed by atoms with Crippen LogP contribution in [-0.2, 0) is 4.74 Å². The molecule has 0 saturated heterocycles. The van der Waals surface area contributed by atoms with Crippen LogP contribution in [0, 0.1) is 0 Å². The van der Waals surface area contributed by atoms with Crippen molar-refractivity contribution in [2.75, 3.05) is 26.8 Å². The Bertz CT molecular complexity index is 246. The van der Waals surface area contributed by atoms with Crippen LogP contribution in [0.15, 0.2) is 5.16 Å². The SMILES string of the molecule is CC(CC(N)=NO)N(C)CCOCC(F)(F)F. The second kappa shape index (κ2) is 7.33. The fraction of sp³-hybridized carbons (Fsp3) is 0.889. The molecule has 5 nitrogen and oxygen atoms in total. The van der Waals surface area contributed by atoms with Gasteiger partial charge < -0.3 is 20.6 Å². The molecule has 0 radical (unpaired) electrons. The lowest BCUT2D eigenvalue weighted by molar-refractivity contribution is -0.174. The minimum atomic E-state index is -4.29. The minimum Gasteiger partial charge on any atom is -0.409 e. The van der Waals surface area contributed by atoms with Gasteiger partial charge in [0.1, 0.15) is 12.4 Å². The number of halogens is 3. The number of amidine groups is 1. The standard InChI is InChI=1S/C9H18F3N3O2/c1-7(5-8(13)14-16)15(2)3-4-17-6-9(10,11)12/h7,16H,3-6H2,1-2H3,(H2,13,14). The van der Waals surface area contributed by atoms with E-state index in [2.05, 4.69) is 9.89 Å². The average molecular weight is 257 g/mol. The van der Waals surface area contributed by atoms with Crippen molar-refractivity contribution in [1.82, 2.24) is 4.90 Å². The molecule has 0 bridgehead atoms. The summed E-state index contributed by atoms with van der Waals surface area (Å²) >= 11 is 0. The molecule has 8 heteroatoms. The Kier molecular flexibility index (Phi) is 6.89. The Morgan fingerprint density at radius 3 is 2.59 bits per heavy atom. The summed E-state index contributed by atoms with van der Waals surface area (Å²) in [7, 11) is 1.73. The fourth-order valence-corrected chi connectivity index (χ4v) is 1.12. The Labute approximate surface area is 98.0 Å². The molecular formula is C9H18F3N3O2. The van der Waals surface area contributed by atoms with Gasteiger partial charge in [-0.25, -0.2) is 0 Å². The number of alkyl halides is 3. The topological polar surface area (TPSA) is 71.1 Å². The van der Waals surface area contributed by atoms with E-state index in [1.165, 1.54) is 0 Å². The smallest absolute Gasteiger partial charge is 0.409 e. The number of oxime groups is 1. The van der Waals surface area contributed by atoms with Crippen LogP contribution in [0.4, 0.5) is 13.2 Å². The summed E-state index contributed by atoms with van der Waals surface area (Å²) in [6.07, 6.45) is -3.95. The third-order valence-electron chi connectivity index (χ3n) is 2.24. The highest BCUT2D eigenvalue weighted by molar-refractivity contribution is 5.80. The zero-order valence-corrected chi connectivity index (χ0v) is 9.87. The quantitative estimate of drug-likeness (QED) is 0.235. The van der Waals surface area contributed by atoms with Gasteiger partial charge in [0.2, 0.25) is 0 Å². The molecule has 1 unspecified atom stereocenters. The molecule has 0 heterocycles. The number of ether oxygens (including phenoxy) is 1. The summed E-state index contributed by atoms with van der Waals surface area (Å²) in [5, 5.41) is 11.2. The molecular weight excluding hydrogens is 239 g/mol. The number of likely N-dealkylation sites (N-methyl/N-ethyl adjacent to an activating group) is 1. The molecule has 3 N–H and O–H groups in total. The Morgan fingerprint density at radius 2 is 2.12 bits per heavy atom. The second-order valence-corrected chi connectivity index (χ2v) is 3.79. The number of nitrogens with two attached hydrogens (primary N) is 1. The van der Waals surface area contributed by atoms with Crippen molar-refractivity contribution in [1.29, 1.82) is 0 Å². The van der Waals surface area contributed by atoms with Gasteiger partial charge in [0.15, 0.2) is 0 Å². The van der Waals surface area contributed by atoms with Gasteiger partial charge in [-0.1, -0.05) is 5.16 Å². The van der Waals surface area contributed by atoms with Crippen LogP contribution in [0.1, 0.15) is 13.3 Å². The van der Waals surface area contributed by atoms with Crippen LogP contribution < -0.4 is 5.73 Å². The van der Waals surface area contributed by atoms with Crippen molar-refractivity contribution in [2.45, 2.75) is 25.6 Å². The van der Waals surface area contributed by atoms with Crippen LogP contribution in [0.25, 0.3) is 0 Å². The molecule has 0 aliphatic carbocycles. The number of hydrogen-bond donors (Lipinski definition) is 2. The number of nitrogens with zero attached hydrogens (tertiary/aromatic N) is 2. The molecule has 0 aliphatic heterocycles. The third kappa shape index (κ3) is 8.75. The monoisotopic (exact) mass is 257 g/mol. The van der Waals surface area contributed by atoms with Gasteiger partial charge in [-0.15, -0.1) is 0 Å². The molecule has 0 spiro atoms. The maximum Gasteiger partial charge on any atom is 0.411 e. The van der Waals surface area contributed by atoms with E-state index in [9.17, 15) is 13.2 Å². The molecule has 0 aromatic rings. The van der Waals surface area contributed by atoms with Gasteiger partial charge in [0.25, 0.3) is 0 Å². The largest absolute Gasteiger partial charge is 0.411 e. The van der Waals surface area contributed by atoms with Crippen LogP contribution >= 0.6 is 0 Å². The van der Waals surface area contributed by atoms with E-state index in [-0.39, 0.29) is 18.5 Å². The molecule has 1 atom stereocenters. The highest BCUT2D eigenvalue weighted by atomic mass is 19.4. The summed E-state index contributed by atoms with van der Waals surface area (Å²) in [6.45, 7) is 0.906. The van der Waals surface area contributed by atoms with E-state index >= 15 is 0 Å². The maximum atomic E-state index is 11.8. The lowest BCUT2D eigenvalue weighted by Crippen LogP contribution is -2.36. The lowest BCUT2D eigenvalue weighted by atomic mass is 10.2. The van der Waals surface area contributed by atoms with Crippen LogP contribution in [0.5, 0.6) is 0 Å². The highest BCUT2D eigenvalue weighted by Gasteiger charge is 2.27. The van der Waals surface area contributed by atoms with E-state index in [0.717, 1.165) is 0 Å². The minimum absolute atomic E-state index is 0.0173. The van der Waals surface area contributed by atoms with Gasteiger partial charge in [-0.2, -0.15) is 13.2 Å². The lowest BCUT2D eigenvalue weighted by Gasteiger charge is -2.24. The zero-order chi connectivity index (χ0) is 13.5. The second-order valence-electron chi connectivity index (χ2n) is 3.79. The number of hydrogen-bond acceptors (Lipinski definition) is 4. The van der Waals surface area contributed by atoms with Gasteiger partial charge in [-0.3, -0.25) is 0 Å². The van der Waals surface area contributed by atoms with Gasteiger partial charge in [0, 0.05) is 19.0 Å². The summed E-state index contributed by atoms with van der Waals surface area (Å²) in [5.41, 5.74) is 5.32. The molecule has 0 aliphatic rings. The summed E-state index contributed by atoms with van der Waals surface area (Å²) in [6, 6.07) is -0.0413. The predicted octanol–water partition coefficient (Wildman–Crippen LogP) is 1.02. The Balaban J connectivity index is 3.75. The predicted molar refractivity (Wildman–Crippen MR) is 57.0 cm³/mol. The zero-order valence-electron chi connectivity index (χ0n) is 9.87. The van der Waals surface area contributed by atoms with Crippen LogP contribution in [-0.4, -0.2) is 55.0 Å². The fourth-order valence-electron chi connectivity index (χ4n) is 1.12. The first-order valence-electron chi connectivity index (χ1n) is 5.07. The van der Waals surface area contributed by atoms with E-state index in [1.807, 2.05) is 6.92 Å². The van der Waals surface area contributed by atoms with Crippen LogP contribution in [0.3, 0.4) is 0 Å². The van der Waals surface area contributed by atoms with E-state index in [4.69, 9.17) is 10.9 Å². The van der Waals surface area contributed by atoms with Gasteiger partial charge in [-0.05, 0) is 14.0 Å². The van der Waals surface area contributed by atoms with Crippen molar-refractivity contribution in [3.8, 4) is 0 Å².